The van der Waals surface area contributed by atoms with Crippen molar-refractivity contribution in [2.45, 2.75) is 57.0 Å². The van der Waals surface area contributed by atoms with E-state index in [0.29, 0.717) is 23.1 Å². The molecule has 6 heterocycles. The van der Waals surface area contributed by atoms with E-state index in [-0.39, 0.29) is 17.2 Å². The van der Waals surface area contributed by atoms with Crippen LogP contribution >= 0.6 is 0 Å². The number of anilines is 1. The summed E-state index contributed by atoms with van der Waals surface area (Å²) in [6.45, 7) is 0. The van der Waals surface area contributed by atoms with Crippen LogP contribution in [0.2, 0.25) is 0 Å². The minimum Gasteiger partial charge on any atom is -0.342 e. The van der Waals surface area contributed by atoms with Crippen LogP contribution in [0.3, 0.4) is 0 Å². The molecule has 1 aromatic carbocycles. The standard InChI is InChI=1S/C32H29N7O2/c40-31-27(25-18-35-26-11-4-5-13-38(25)26)28(32(41)36-31)29-24-10-6-7-20-15-22(37(30(20)24)14-12-34-29)16-23-17-33-19-39(23)21-8-2-1-3-9-21/h4-7,10-14,17-19,21-22H,1-3,8-9,15-16H2,(H,36,40,41). The van der Waals surface area contributed by atoms with Crippen LogP contribution in [0.25, 0.3) is 11.2 Å². The van der Waals surface area contributed by atoms with Gasteiger partial charge in [0.25, 0.3) is 11.8 Å². The summed E-state index contributed by atoms with van der Waals surface area (Å²) in [4.78, 5) is 42.6. The number of aromatic nitrogens is 4. The molecule has 0 radical (unpaired) electrons. The third-order valence-electron chi connectivity index (χ3n) is 8.91. The number of aliphatic imine (C=N–C) groups is 1. The van der Waals surface area contributed by atoms with E-state index >= 15 is 0 Å². The Kier molecular flexibility index (Phi) is 5.51. The highest BCUT2D eigenvalue weighted by Gasteiger charge is 2.40. The summed E-state index contributed by atoms with van der Waals surface area (Å²) in [6, 6.07) is 12.5. The molecular weight excluding hydrogens is 514 g/mol. The molecule has 0 saturated heterocycles. The number of benzene rings is 1. The van der Waals surface area contributed by atoms with Gasteiger partial charge in [-0.05, 0) is 37.0 Å². The van der Waals surface area contributed by atoms with Gasteiger partial charge >= 0.3 is 0 Å². The molecule has 1 atom stereocenters. The number of imidazole rings is 2. The zero-order chi connectivity index (χ0) is 27.5. The Labute approximate surface area is 236 Å². The molecule has 8 rings (SSSR count). The lowest BCUT2D eigenvalue weighted by atomic mass is 9.94. The van der Waals surface area contributed by atoms with Crippen molar-refractivity contribution in [2.75, 3.05) is 4.90 Å². The van der Waals surface area contributed by atoms with E-state index < -0.39 is 11.8 Å². The first-order chi connectivity index (χ1) is 20.2. The Hall–Kier alpha value is -4.79. The van der Waals surface area contributed by atoms with Gasteiger partial charge in [0.2, 0.25) is 0 Å². The smallest absolute Gasteiger partial charge is 0.261 e. The molecule has 3 aliphatic heterocycles. The number of imide groups is 1. The number of amides is 2. The number of nitrogens with one attached hydrogen (secondary N) is 1. The predicted molar refractivity (Wildman–Crippen MR) is 155 cm³/mol. The van der Waals surface area contributed by atoms with Gasteiger partial charge in [0, 0.05) is 54.6 Å². The highest BCUT2D eigenvalue weighted by molar-refractivity contribution is 6.47. The van der Waals surface area contributed by atoms with E-state index in [1.54, 1.807) is 12.4 Å². The van der Waals surface area contributed by atoms with E-state index in [2.05, 4.69) is 30.8 Å². The maximum Gasteiger partial charge on any atom is 0.261 e. The fourth-order valence-electron chi connectivity index (χ4n) is 7.06. The molecule has 2 amide bonds. The van der Waals surface area contributed by atoms with Crippen LogP contribution in [0.5, 0.6) is 0 Å². The van der Waals surface area contributed by atoms with Crippen LogP contribution in [0.4, 0.5) is 5.69 Å². The normalized spacial score (nSPS) is 20.5. The van der Waals surface area contributed by atoms with Gasteiger partial charge in [0.1, 0.15) is 5.65 Å². The van der Waals surface area contributed by atoms with Gasteiger partial charge < -0.3 is 9.47 Å². The zero-order valence-corrected chi connectivity index (χ0v) is 22.5. The minimum absolute atomic E-state index is 0.197. The number of hydrogen-bond donors (Lipinski definition) is 1. The summed E-state index contributed by atoms with van der Waals surface area (Å²) in [5.41, 5.74) is 6.69. The van der Waals surface area contributed by atoms with E-state index in [0.717, 1.165) is 24.1 Å². The lowest BCUT2D eigenvalue weighted by Gasteiger charge is -2.28. The Morgan fingerprint density at radius 1 is 0.951 bits per heavy atom. The summed E-state index contributed by atoms with van der Waals surface area (Å²) in [5.74, 6) is -0.884. The van der Waals surface area contributed by atoms with Crippen molar-refractivity contribution in [1.29, 1.82) is 0 Å². The molecule has 9 heteroatoms. The van der Waals surface area contributed by atoms with Crippen LogP contribution in [0.1, 0.15) is 60.7 Å². The molecule has 9 nitrogen and oxygen atoms in total. The molecule has 204 valence electrons. The average molecular weight is 544 g/mol. The SMILES string of the molecule is O=C1NC(=O)C(c2cnc3ccccn23)=C1C1=NC=CN2c3c(cccc31)CC2Cc1cncn1C1CCCCC1. The number of fused-ring (bicyclic) bond motifs is 1. The molecule has 41 heavy (non-hydrogen) atoms. The van der Waals surface area contributed by atoms with Crippen molar-refractivity contribution in [3.63, 3.8) is 0 Å². The van der Waals surface area contributed by atoms with Gasteiger partial charge in [-0.15, -0.1) is 0 Å². The molecule has 0 bridgehead atoms. The Morgan fingerprint density at radius 3 is 2.73 bits per heavy atom. The van der Waals surface area contributed by atoms with Gasteiger partial charge in [0.05, 0.1) is 40.8 Å². The molecule has 3 aromatic heterocycles. The molecule has 1 saturated carbocycles. The van der Waals surface area contributed by atoms with Gasteiger partial charge in [-0.25, -0.2) is 9.97 Å². The average Bonchev–Trinajstić information content (AvgIpc) is 3.74. The second kappa shape index (κ2) is 9.40. The van der Waals surface area contributed by atoms with Gasteiger partial charge in [-0.2, -0.15) is 0 Å². The second-order valence-corrected chi connectivity index (χ2v) is 11.2. The first-order valence-corrected chi connectivity index (χ1v) is 14.4. The first-order valence-electron chi connectivity index (χ1n) is 14.4. The third-order valence-corrected chi connectivity index (χ3v) is 8.91. The van der Waals surface area contributed by atoms with E-state index in [4.69, 9.17) is 4.99 Å². The minimum atomic E-state index is -0.444. The quantitative estimate of drug-likeness (QED) is 0.377. The Bertz CT molecular complexity index is 1820. The summed E-state index contributed by atoms with van der Waals surface area (Å²) in [5, 5.41) is 2.51. The van der Waals surface area contributed by atoms with Crippen molar-refractivity contribution >= 4 is 34.4 Å². The molecular formula is C32H29N7O2. The number of carbonyl (C=O) groups excluding carboxylic acids is 2. The topological polar surface area (TPSA) is 96.9 Å². The lowest BCUT2D eigenvalue weighted by Crippen LogP contribution is -2.31. The van der Waals surface area contributed by atoms with Crippen LogP contribution < -0.4 is 10.2 Å². The number of nitrogens with zero attached hydrogens (tertiary/aromatic N) is 6. The number of carbonyl (C=O) groups is 2. The van der Waals surface area contributed by atoms with Crippen molar-refractivity contribution in [3.05, 3.63) is 102 Å². The van der Waals surface area contributed by atoms with Gasteiger partial charge in [-0.1, -0.05) is 43.5 Å². The van der Waals surface area contributed by atoms with E-state index in [9.17, 15) is 9.59 Å². The highest BCUT2D eigenvalue weighted by Crippen LogP contribution is 2.41. The second-order valence-electron chi connectivity index (χ2n) is 11.2. The molecule has 1 fully saturated rings. The molecule has 1 unspecified atom stereocenters. The number of pyridine rings is 1. The fraction of sp³-hybridized carbons (Fsp3) is 0.281. The lowest BCUT2D eigenvalue weighted by molar-refractivity contribution is -0.123. The summed E-state index contributed by atoms with van der Waals surface area (Å²) in [7, 11) is 0. The zero-order valence-electron chi connectivity index (χ0n) is 22.5. The Balaban J connectivity index is 1.19. The highest BCUT2D eigenvalue weighted by atomic mass is 16.2. The van der Waals surface area contributed by atoms with Crippen LogP contribution in [0, 0.1) is 0 Å². The summed E-state index contributed by atoms with van der Waals surface area (Å²) >= 11 is 0. The Morgan fingerprint density at radius 2 is 1.83 bits per heavy atom. The maximum atomic E-state index is 13.3. The molecule has 0 spiro atoms. The first kappa shape index (κ1) is 24.0. The number of para-hydroxylation sites is 1. The number of hydrogen-bond acceptors (Lipinski definition) is 6. The van der Waals surface area contributed by atoms with Crippen LogP contribution in [-0.4, -0.2) is 42.5 Å². The molecule has 4 aliphatic rings. The summed E-state index contributed by atoms with van der Waals surface area (Å²) < 4.78 is 4.22. The van der Waals surface area contributed by atoms with Crippen molar-refractivity contribution in [3.8, 4) is 0 Å². The maximum absolute atomic E-state index is 13.3. The molecule has 1 N–H and O–H groups in total. The van der Waals surface area contributed by atoms with Crippen molar-refractivity contribution < 1.29 is 9.59 Å². The van der Waals surface area contributed by atoms with Crippen LogP contribution in [0.15, 0.2) is 84.3 Å². The fourth-order valence-corrected chi connectivity index (χ4v) is 7.06. The predicted octanol–water partition coefficient (Wildman–Crippen LogP) is 4.39. The monoisotopic (exact) mass is 543 g/mol. The van der Waals surface area contributed by atoms with E-state index in [1.165, 1.54) is 43.4 Å². The van der Waals surface area contributed by atoms with Gasteiger partial charge in [0.15, 0.2) is 0 Å². The van der Waals surface area contributed by atoms with Crippen molar-refractivity contribution in [1.82, 2.24) is 24.3 Å². The molecule has 4 aromatic rings. The van der Waals surface area contributed by atoms with Crippen LogP contribution in [-0.2, 0) is 22.4 Å². The van der Waals surface area contributed by atoms with E-state index in [1.807, 2.05) is 59.7 Å². The largest absolute Gasteiger partial charge is 0.342 e. The molecule has 1 aliphatic carbocycles. The number of rotatable bonds is 5. The summed E-state index contributed by atoms with van der Waals surface area (Å²) in [6.07, 6.45) is 19.3. The van der Waals surface area contributed by atoms with Gasteiger partial charge in [-0.3, -0.25) is 24.3 Å². The van der Waals surface area contributed by atoms with Crippen molar-refractivity contribution in [2.24, 2.45) is 4.99 Å². The third kappa shape index (κ3) is 3.79.